The first-order valence-electron chi connectivity index (χ1n) is 10.7. The molecular formula is C23H27NO7. The van der Waals surface area contributed by atoms with Gasteiger partial charge in [0.25, 0.3) is 0 Å². The predicted molar refractivity (Wildman–Crippen MR) is 109 cm³/mol. The highest BCUT2D eigenvalue weighted by molar-refractivity contribution is 5.79. The Morgan fingerprint density at radius 2 is 2.13 bits per heavy atom. The second kappa shape index (κ2) is 6.71. The smallest absolute Gasteiger partial charge is 0.352 e. The molecule has 0 amide bonds. The van der Waals surface area contributed by atoms with E-state index in [2.05, 4.69) is 4.90 Å². The third-order valence-corrected chi connectivity index (χ3v) is 7.47. The van der Waals surface area contributed by atoms with Crippen molar-refractivity contribution < 1.29 is 34.0 Å². The molecule has 2 heterocycles. The Balaban J connectivity index is 1.62. The molecule has 166 valence electrons. The second-order valence-corrected chi connectivity index (χ2v) is 9.13. The summed E-state index contributed by atoms with van der Waals surface area (Å²) < 4.78 is 16.9. The molecule has 0 unspecified atom stereocenters. The van der Waals surface area contributed by atoms with E-state index in [9.17, 15) is 19.8 Å². The molecule has 5 rings (SSSR count). The number of hydrogen-bond acceptors (Lipinski definition) is 8. The summed E-state index contributed by atoms with van der Waals surface area (Å²) in [5, 5.41) is 22.7. The lowest BCUT2D eigenvalue weighted by Crippen LogP contribution is -2.69. The van der Waals surface area contributed by atoms with Crippen LogP contribution in [0.3, 0.4) is 0 Å². The van der Waals surface area contributed by atoms with Crippen LogP contribution in [0.2, 0.25) is 0 Å². The standard InChI is InChI=1S/C23H27NO7/c1-12(29-13(2)25)21(27)30-16-7-9-23(28)17-11-14-5-6-15(26)19-18(14)22(23,20(16)31-19)8-4-10-24(17)3/h5-7,12,17,20,26,28H,4,8-11H2,1-3H3/t12-,17+,20-,22-,23+/m0/s1. The van der Waals surface area contributed by atoms with Gasteiger partial charge in [-0.1, -0.05) is 6.07 Å². The Kier molecular flexibility index (Phi) is 4.40. The predicted octanol–water partition coefficient (Wildman–Crippen LogP) is 1.55. The molecule has 8 nitrogen and oxygen atoms in total. The molecule has 1 fully saturated rings. The summed E-state index contributed by atoms with van der Waals surface area (Å²) in [4.78, 5) is 26.0. The maximum atomic E-state index is 12.6. The van der Waals surface area contributed by atoms with Gasteiger partial charge in [-0.15, -0.1) is 0 Å². The minimum Gasteiger partial charge on any atom is -0.504 e. The molecule has 4 aliphatic rings. The Morgan fingerprint density at radius 3 is 2.87 bits per heavy atom. The summed E-state index contributed by atoms with van der Waals surface area (Å²) in [5.74, 6) is -0.609. The number of ether oxygens (including phenoxy) is 3. The summed E-state index contributed by atoms with van der Waals surface area (Å²) in [6, 6.07) is 3.40. The Bertz CT molecular complexity index is 1000. The van der Waals surface area contributed by atoms with E-state index >= 15 is 0 Å². The Labute approximate surface area is 180 Å². The third kappa shape index (κ3) is 2.61. The van der Waals surface area contributed by atoms with E-state index in [1.165, 1.54) is 13.8 Å². The van der Waals surface area contributed by atoms with Gasteiger partial charge in [-0.2, -0.15) is 0 Å². The monoisotopic (exact) mass is 429 g/mol. The number of phenols is 1. The molecule has 0 aromatic heterocycles. The number of likely N-dealkylation sites (N-methyl/N-ethyl adjacent to an activating group) is 1. The molecule has 0 radical (unpaired) electrons. The number of benzene rings is 1. The average molecular weight is 429 g/mol. The van der Waals surface area contributed by atoms with E-state index < -0.39 is 35.2 Å². The molecule has 2 aliphatic carbocycles. The van der Waals surface area contributed by atoms with Gasteiger partial charge in [0.1, 0.15) is 5.76 Å². The summed E-state index contributed by atoms with van der Waals surface area (Å²) in [5.41, 5.74) is -0.0910. The number of likely N-dealkylation sites (tertiary alicyclic amines) is 1. The van der Waals surface area contributed by atoms with Crippen LogP contribution >= 0.6 is 0 Å². The zero-order valence-electron chi connectivity index (χ0n) is 17.9. The van der Waals surface area contributed by atoms with Crippen LogP contribution in [-0.2, 0) is 30.9 Å². The fourth-order valence-corrected chi connectivity index (χ4v) is 6.19. The molecule has 8 heteroatoms. The van der Waals surface area contributed by atoms with Crippen LogP contribution < -0.4 is 4.74 Å². The van der Waals surface area contributed by atoms with Crippen LogP contribution in [0.25, 0.3) is 0 Å². The summed E-state index contributed by atoms with van der Waals surface area (Å²) in [6.07, 6.45) is 2.30. The van der Waals surface area contributed by atoms with Crippen molar-refractivity contribution in [3.05, 3.63) is 35.1 Å². The minimum absolute atomic E-state index is 0.0138. The SMILES string of the molecule is CC(=O)O[C@@H](C)C(=O)OC1=CC[C@@]2(O)[C@H]3Cc4ccc(O)c5c4[C@@]2(CCCN3C)[C@H]1O5. The highest BCUT2D eigenvalue weighted by Crippen LogP contribution is 2.64. The van der Waals surface area contributed by atoms with Crippen LogP contribution in [0.5, 0.6) is 11.5 Å². The molecule has 1 saturated heterocycles. The van der Waals surface area contributed by atoms with Gasteiger partial charge < -0.3 is 29.3 Å². The number of carbonyl (C=O) groups is 2. The van der Waals surface area contributed by atoms with Gasteiger partial charge in [0.15, 0.2) is 23.7 Å². The van der Waals surface area contributed by atoms with E-state index in [0.29, 0.717) is 30.8 Å². The van der Waals surface area contributed by atoms with Crippen molar-refractivity contribution in [1.82, 2.24) is 4.90 Å². The summed E-state index contributed by atoms with van der Waals surface area (Å²) >= 11 is 0. The maximum absolute atomic E-state index is 12.6. The number of phenolic OH excluding ortho intramolecular Hbond substituents is 1. The minimum atomic E-state index is -1.13. The lowest BCUT2D eigenvalue weighted by atomic mass is 9.52. The summed E-state index contributed by atoms with van der Waals surface area (Å²) in [7, 11) is 2.03. The third-order valence-electron chi connectivity index (χ3n) is 7.47. The molecule has 1 aromatic rings. The fraction of sp³-hybridized carbons (Fsp3) is 0.565. The highest BCUT2D eigenvalue weighted by atomic mass is 16.6. The van der Waals surface area contributed by atoms with Crippen LogP contribution in [0.1, 0.15) is 44.2 Å². The van der Waals surface area contributed by atoms with Crippen LogP contribution in [0.4, 0.5) is 0 Å². The van der Waals surface area contributed by atoms with E-state index in [1.807, 2.05) is 13.1 Å². The Hall–Kier alpha value is -2.58. The first kappa shape index (κ1) is 20.3. The molecule has 1 aromatic carbocycles. The van der Waals surface area contributed by atoms with Crippen LogP contribution in [0, 0.1) is 0 Å². The van der Waals surface area contributed by atoms with Crippen molar-refractivity contribution in [2.45, 2.75) is 68.8 Å². The van der Waals surface area contributed by atoms with Gasteiger partial charge in [0, 0.05) is 24.9 Å². The molecule has 31 heavy (non-hydrogen) atoms. The number of aromatic hydroxyl groups is 1. The van der Waals surface area contributed by atoms with E-state index in [-0.39, 0.29) is 11.8 Å². The van der Waals surface area contributed by atoms with Gasteiger partial charge in [0.05, 0.1) is 11.0 Å². The quantitative estimate of drug-likeness (QED) is 0.698. The van der Waals surface area contributed by atoms with Crippen molar-refractivity contribution in [3.63, 3.8) is 0 Å². The van der Waals surface area contributed by atoms with E-state index in [1.54, 1.807) is 12.1 Å². The topological polar surface area (TPSA) is 106 Å². The first-order chi connectivity index (χ1) is 14.7. The zero-order chi connectivity index (χ0) is 22.1. The van der Waals surface area contributed by atoms with Crippen LogP contribution in [-0.4, -0.2) is 64.5 Å². The van der Waals surface area contributed by atoms with Crippen molar-refractivity contribution in [3.8, 4) is 11.5 Å². The lowest BCUT2D eigenvalue weighted by Gasteiger charge is -2.56. The largest absolute Gasteiger partial charge is 0.504 e. The van der Waals surface area contributed by atoms with E-state index in [0.717, 1.165) is 24.1 Å². The molecule has 1 spiro atoms. The highest BCUT2D eigenvalue weighted by Gasteiger charge is 2.71. The van der Waals surface area contributed by atoms with Crippen molar-refractivity contribution in [2.24, 2.45) is 0 Å². The van der Waals surface area contributed by atoms with Gasteiger partial charge >= 0.3 is 11.9 Å². The summed E-state index contributed by atoms with van der Waals surface area (Å²) in [6.45, 7) is 3.51. The van der Waals surface area contributed by atoms with Crippen LogP contribution in [0.15, 0.2) is 24.0 Å². The Morgan fingerprint density at radius 1 is 1.35 bits per heavy atom. The van der Waals surface area contributed by atoms with Gasteiger partial charge in [-0.05, 0) is 57.5 Å². The van der Waals surface area contributed by atoms with Crippen molar-refractivity contribution in [2.75, 3.05) is 13.6 Å². The van der Waals surface area contributed by atoms with Crippen molar-refractivity contribution >= 4 is 11.9 Å². The zero-order valence-corrected chi connectivity index (χ0v) is 17.9. The number of esters is 2. The lowest BCUT2D eigenvalue weighted by molar-refractivity contribution is -0.166. The number of hydrogen-bond donors (Lipinski definition) is 2. The number of rotatable bonds is 3. The number of nitrogens with zero attached hydrogens (tertiary/aromatic N) is 1. The fourth-order valence-electron chi connectivity index (χ4n) is 6.19. The second-order valence-electron chi connectivity index (χ2n) is 9.13. The average Bonchev–Trinajstić information content (AvgIpc) is 3.04. The number of aliphatic hydroxyl groups is 1. The molecule has 5 atom stereocenters. The molecule has 2 bridgehead atoms. The van der Waals surface area contributed by atoms with Gasteiger partial charge in [-0.25, -0.2) is 4.79 Å². The van der Waals surface area contributed by atoms with Gasteiger partial charge in [0.2, 0.25) is 0 Å². The maximum Gasteiger partial charge on any atom is 0.352 e. The molecular weight excluding hydrogens is 402 g/mol. The van der Waals surface area contributed by atoms with E-state index in [4.69, 9.17) is 14.2 Å². The normalized spacial score (nSPS) is 34.0. The molecule has 2 aliphatic heterocycles. The van der Waals surface area contributed by atoms with Crippen molar-refractivity contribution in [1.29, 1.82) is 0 Å². The molecule has 0 saturated carbocycles. The first-order valence-corrected chi connectivity index (χ1v) is 10.7. The molecule has 2 N–H and O–H groups in total. The number of carbonyl (C=O) groups excluding carboxylic acids is 2. The van der Waals surface area contributed by atoms with Gasteiger partial charge in [-0.3, -0.25) is 4.79 Å².